The van der Waals surface area contributed by atoms with E-state index in [1.54, 1.807) is 7.11 Å². The van der Waals surface area contributed by atoms with Gasteiger partial charge in [0.25, 0.3) is 0 Å². The molecular weight excluding hydrogens is 248 g/mol. The third-order valence-corrected chi connectivity index (χ3v) is 4.07. The normalized spacial score (nSPS) is 19.4. The highest BCUT2D eigenvalue weighted by Crippen LogP contribution is 2.15. The number of methoxy groups -OCH3 is 1. The highest BCUT2D eigenvalue weighted by Gasteiger charge is 2.16. The zero-order chi connectivity index (χ0) is 14.2. The van der Waals surface area contributed by atoms with E-state index in [4.69, 9.17) is 4.74 Å². The van der Waals surface area contributed by atoms with Gasteiger partial charge in [-0.1, -0.05) is 31.2 Å². The minimum Gasteiger partial charge on any atom is -0.380 e. The molecule has 1 aromatic rings. The first-order chi connectivity index (χ1) is 9.81. The van der Waals surface area contributed by atoms with Gasteiger partial charge in [-0.3, -0.25) is 4.90 Å². The van der Waals surface area contributed by atoms with Crippen LogP contribution in [-0.4, -0.2) is 38.2 Å². The zero-order valence-electron chi connectivity index (χ0n) is 12.9. The van der Waals surface area contributed by atoms with Crippen molar-refractivity contribution in [2.24, 2.45) is 5.92 Å². The van der Waals surface area contributed by atoms with Gasteiger partial charge >= 0.3 is 0 Å². The number of ether oxygens (including phenoxy) is 1. The molecule has 0 aromatic heterocycles. The van der Waals surface area contributed by atoms with E-state index in [-0.39, 0.29) is 0 Å². The first kappa shape index (κ1) is 15.5. The van der Waals surface area contributed by atoms with Crippen molar-refractivity contribution >= 4 is 0 Å². The number of rotatable bonds is 7. The van der Waals surface area contributed by atoms with Gasteiger partial charge in [0, 0.05) is 20.2 Å². The summed E-state index contributed by atoms with van der Waals surface area (Å²) in [4.78, 5) is 2.56. The van der Waals surface area contributed by atoms with Crippen LogP contribution < -0.4 is 5.32 Å². The molecule has 2 rings (SSSR count). The van der Waals surface area contributed by atoms with Crippen molar-refractivity contribution in [1.29, 1.82) is 0 Å². The summed E-state index contributed by atoms with van der Waals surface area (Å²) in [6, 6.07) is 8.76. The maximum absolute atomic E-state index is 5.21. The van der Waals surface area contributed by atoms with Gasteiger partial charge < -0.3 is 10.1 Å². The van der Waals surface area contributed by atoms with Crippen LogP contribution in [0, 0.1) is 5.92 Å². The van der Waals surface area contributed by atoms with E-state index in [2.05, 4.69) is 41.4 Å². The Labute approximate surface area is 123 Å². The topological polar surface area (TPSA) is 24.5 Å². The molecule has 0 aliphatic carbocycles. The van der Waals surface area contributed by atoms with Gasteiger partial charge in [-0.25, -0.2) is 0 Å². The monoisotopic (exact) mass is 276 g/mol. The van der Waals surface area contributed by atoms with Gasteiger partial charge in [-0.15, -0.1) is 0 Å². The average Bonchev–Trinajstić information content (AvgIpc) is 2.48. The standard InChI is InChI=1S/C17H28N2O/c1-3-19(13-17-8-5-9-18-11-17)12-15-6-4-7-16(10-15)14-20-2/h4,6-7,10,17-18H,3,5,8-9,11-14H2,1-2H3. The molecular formula is C17H28N2O. The molecule has 1 heterocycles. The molecule has 0 spiro atoms. The molecule has 0 bridgehead atoms. The number of benzene rings is 1. The number of hydrogen-bond donors (Lipinski definition) is 1. The molecule has 3 heteroatoms. The number of hydrogen-bond acceptors (Lipinski definition) is 3. The minimum absolute atomic E-state index is 0.701. The molecule has 0 radical (unpaired) electrons. The van der Waals surface area contributed by atoms with Crippen molar-refractivity contribution in [2.75, 3.05) is 33.3 Å². The lowest BCUT2D eigenvalue weighted by atomic mass is 9.99. The minimum atomic E-state index is 0.701. The van der Waals surface area contributed by atoms with Crippen LogP contribution in [0.2, 0.25) is 0 Å². The average molecular weight is 276 g/mol. The fourth-order valence-electron chi connectivity index (χ4n) is 2.99. The molecule has 1 fully saturated rings. The van der Waals surface area contributed by atoms with E-state index in [9.17, 15) is 0 Å². The Morgan fingerprint density at radius 1 is 1.35 bits per heavy atom. The van der Waals surface area contributed by atoms with Gasteiger partial charge in [0.1, 0.15) is 0 Å². The third-order valence-electron chi connectivity index (χ3n) is 4.07. The second-order valence-corrected chi connectivity index (χ2v) is 5.79. The van der Waals surface area contributed by atoms with Crippen LogP contribution in [0.3, 0.4) is 0 Å². The molecule has 1 aromatic carbocycles. The Balaban J connectivity index is 1.89. The summed E-state index contributed by atoms with van der Waals surface area (Å²) in [5.74, 6) is 0.811. The maximum atomic E-state index is 5.21. The summed E-state index contributed by atoms with van der Waals surface area (Å²) in [6.45, 7) is 8.71. The first-order valence-electron chi connectivity index (χ1n) is 7.81. The smallest absolute Gasteiger partial charge is 0.0713 e. The quantitative estimate of drug-likeness (QED) is 0.828. The van der Waals surface area contributed by atoms with Crippen molar-refractivity contribution in [3.63, 3.8) is 0 Å². The third kappa shape index (κ3) is 4.89. The van der Waals surface area contributed by atoms with Crippen LogP contribution in [0.4, 0.5) is 0 Å². The van der Waals surface area contributed by atoms with E-state index in [0.29, 0.717) is 6.61 Å². The van der Waals surface area contributed by atoms with Gasteiger partial charge in [0.2, 0.25) is 0 Å². The van der Waals surface area contributed by atoms with Gasteiger partial charge in [0.15, 0.2) is 0 Å². The van der Waals surface area contributed by atoms with Crippen molar-refractivity contribution in [1.82, 2.24) is 10.2 Å². The van der Waals surface area contributed by atoms with E-state index < -0.39 is 0 Å². The predicted molar refractivity (Wildman–Crippen MR) is 83.7 cm³/mol. The lowest BCUT2D eigenvalue weighted by Crippen LogP contribution is -2.38. The lowest BCUT2D eigenvalue weighted by molar-refractivity contribution is 0.184. The van der Waals surface area contributed by atoms with Crippen molar-refractivity contribution in [2.45, 2.75) is 32.9 Å². The van der Waals surface area contributed by atoms with E-state index >= 15 is 0 Å². The Hall–Kier alpha value is -0.900. The largest absolute Gasteiger partial charge is 0.380 e. The summed E-state index contributed by atoms with van der Waals surface area (Å²) in [7, 11) is 1.75. The van der Waals surface area contributed by atoms with E-state index in [0.717, 1.165) is 19.0 Å². The molecule has 0 amide bonds. The van der Waals surface area contributed by atoms with Gasteiger partial charge in [-0.05, 0) is 49.5 Å². The van der Waals surface area contributed by atoms with E-state index in [1.165, 1.54) is 43.6 Å². The van der Waals surface area contributed by atoms with Crippen LogP contribution in [0.1, 0.15) is 30.9 Å². The van der Waals surface area contributed by atoms with Crippen LogP contribution in [0.25, 0.3) is 0 Å². The predicted octanol–water partition coefficient (Wildman–Crippen LogP) is 2.65. The molecule has 1 unspecified atom stereocenters. The van der Waals surface area contributed by atoms with Crippen LogP contribution in [0.15, 0.2) is 24.3 Å². The van der Waals surface area contributed by atoms with Crippen LogP contribution in [0.5, 0.6) is 0 Å². The summed E-state index contributed by atoms with van der Waals surface area (Å²) in [5, 5.41) is 3.51. The molecule has 3 nitrogen and oxygen atoms in total. The maximum Gasteiger partial charge on any atom is 0.0713 e. The molecule has 1 aliphatic heterocycles. The highest BCUT2D eigenvalue weighted by molar-refractivity contribution is 5.22. The SMILES string of the molecule is CCN(Cc1cccc(COC)c1)CC1CCCNC1. The summed E-state index contributed by atoms with van der Waals surface area (Å²) < 4.78 is 5.21. The summed E-state index contributed by atoms with van der Waals surface area (Å²) >= 11 is 0. The highest BCUT2D eigenvalue weighted by atomic mass is 16.5. The zero-order valence-corrected chi connectivity index (χ0v) is 12.9. The summed E-state index contributed by atoms with van der Waals surface area (Å²) in [6.07, 6.45) is 2.69. The molecule has 1 saturated heterocycles. The molecule has 1 aliphatic rings. The van der Waals surface area contributed by atoms with E-state index in [1.807, 2.05) is 0 Å². The Bertz CT molecular complexity index is 388. The van der Waals surface area contributed by atoms with Crippen molar-refractivity contribution in [3.8, 4) is 0 Å². The van der Waals surface area contributed by atoms with Crippen LogP contribution in [-0.2, 0) is 17.9 Å². The fourth-order valence-corrected chi connectivity index (χ4v) is 2.99. The van der Waals surface area contributed by atoms with Gasteiger partial charge in [0.05, 0.1) is 6.61 Å². The van der Waals surface area contributed by atoms with Gasteiger partial charge in [-0.2, -0.15) is 0 Å². The number of nitrogens with one attached hydrogen (secondary N) is 1. The Morgan fingerprint density at radius 3 is 2.90 bits per heavy atom. The number of nitrogens with zero attached hydrogens (tertiary/aromatic N) is 1. The molecule has 1 N–H and O–H groups in total. The van der Waals surface area contributed by atoms with Crippen molar-refractivity contribution in [3.05, 3.63) is 35.4 Å². The Kier molecular flexibility index (Phi) is 6.51. The second kappa shape index (κ2) is 8.40. The molecule has 20 heavy (non-hydrogen) atoms. The lowest BCUT2D eigenvalue weighted by Gasteiger charge is -2.29. The fraction of sp³-hybridized carbons (Fsp3) is 0.647. The first-order valence-corrected chi connectivity index (χ1v) is 7.81. The summed E-state index contributed by atoms with van der Waals surface area (Å²) in [5.41, 5.74) is 2.66. The molecule has 112 valence electrons. The molecule has 1 atom stereocenters. The number of piperidine rings is 1. The van der Waals surface area contributed by atoms with Crippen molar-refractivity contribution < 1.29 is 4.74 Å². The second-order valence-electron chi connectivity index (χ2n) is 5.79. The Morgan fingerprint density at radius 2 is 2.20 bits per heavy atom. The molecule has 0 saturated carbocycles. The van der Waals surface area contributed by atoms with Crippen LogP contribution >= 0.6 is 0 Å².